The number of fused-ring (bicyclic) bond motifs is 1. The van der Waals surface area contributed by atoms with E-state index in [1.165, 1.54) is 16.8 Å². The summed E-state index contributed by atoms with van der Waals surface area (Å²) in [5.74, 6) is 0.176. The molecule has 0 bridgehead atoms. The van der Waals surface area contributed by atoms with E-state index in [1.54, 1.807) is 11.3 Å². The minimum Gasteiger partial charge on any atom is -0.368 e. The number of nitrogens with zero attached hydrogens (tertiary/aromatic N) is 4. The Morgan fingerprint density at radius 2 is 1.60 bits per heavy atom. The molecule has 2 aromatic carbocycles. The average Bonchev–Trinajstić information content (AvgIpc) is 3.24. The highest BCUT2D eigenvalue weighted by atomic mass is 32.1. The number of aromatic nitrogens is 1. The Morgan fingerprint density at radius 3 is 2.30 bits per heavy atom. The fraction of sp³-hybridized carbons (Fsp3) is 0.391. The van der Waals surface area contributed by atoms with Gasteiger partial charge in [0, 0.05) is 50.9 Å². The highest BCUT2D eigenvalue weighted by molar-refractivity contribution is 7.22. The number of benzene rings is 2. The van der Waals surface area contributed by atoms with E-state index in [9.17, 15) is 9.18 Å². The highest BCUT2D eigenvalue weighted by Gasteiger charge is 2.31. The van der Waals surface area contributed by atoms with Crippen LogP contribution in [-0.2, 0) is 4.79 Å². The van der Waals surface area contributed by atoms with E-state index in [-0.39, 0.29) is 17.6 Å². The number of carbonyl (C=O) groups excluding carboxylic acids is 1. The zero-order valence-corrected chi connectivity index (χ0v) is 17.7. The van der Waals surface area contributed by atoms with E-state index in [2.05, 4.69) is 21.9 Å². The molecule has 3 heterocycles. The summed E-state index contributed by atoms with van der Waals surface area (Å²) in [6, 6.07) is 14.8. The van der Waals surface area contributed by atoms with Crippen LogP contribution in [0.15, 0.2) is 48.5 Å². The van der Waals surface area contributed by atoms with Gasteiger partial charge in [-0.05, 0) is 49.2 Å². The third-order valence-electron chi connectivity index (χ3n) is 6.18. The van der Waals surface area contributed by atoms with Crippen LogP contribution in [0.4, 0.5) is 15.2 Å². The van der Waals surface area contributed by atoms with Gasteiger partial charge in [-0.2, -0.15) is 0 Å². The standard InChI is InChI=1S/C23H25FN4OS/c24-18-5-7-19(8-6-18)26-13-15-27(16-14-26)22(29)17-9-11-28(12-10-17)23-25-20-3-1-2-4-21(20)30-23/h1-8,17H,9-16H2. The topological polar surface area (TPSA) is 39.7 Å². The van der Waals surface area contributed by atoms with Crippen molar-refractivity contribution in [2.24, 2.45) is 5.92 Å². The molecule has 0 atom stereocenters. The number of halogens is 1. The predicted octanol–water partition coefficient (Wildman–Crippen LogP) is 4.00. The maximum absolute atomic E-state index is 13.1. The molecule has 0 N–H and O–H groups in total. The number of para-hydroxylation sites is 1. The van der Waals surface area contributed by atoms with E-state index in [1.807, 2.05) is 29.2 Å². The molecular formula is C23H25FN4OS. The number of rotatable bonds is 3. The van der Waals surface area contributed by atoms with Crippen LogP contribution in [0.25, 0.3) is 10.2 Å². The van der Waals surface area contributed by atoms with Gasteiger partial charge in [0.15, 0.2) is 5.13 Å². The molecule has 5 rings (SSSR count). The van der Waals surface area contributed by atoms with Gasteiger partial charge in [0.25, 0.3) is 0 Å². The van der Waals surface area contributed by atoms with E-state index in [4.69, 9.17) is 4.98 Å². The first-order chi connectivity index (χ1) is 14.7. The largest absolute Gasteiger partial charge is 0.368 e. The summed E-state index contributed by atoms with van der Waals surface area (Å²) in [6.45, 7) is 4.81. The summed E-state index contributed by atoms with van der Waals surface area (Å²) in [7, 11) is 0. The predicted molar refractivity (Wildman–Crippen MR) is 120 cm³/mol. The van der Waals surface area contributed by atoms with Crippen molar-refractivity contribution in [1.82, 2.24) is 9.88 Å². The molecule has 2 aliphatic rings. The maximum Gasteiger partial charge on any atom is 0.225 e. The monoisotopic (exact) mass is 424 g/mol. The molecule has 0 radical (unpaired) electrons. The van der Waals surface area contributed by atoms with Crippen LogP contribution in [0.1, 0.15) is 12.8 Å². The van der Waals surface area contributed by atoms with Crippen molar-refractivity contribution in [2.45, 2.75) is 12.8 Å². The minimum atomic E-state index is -0.218. The highest BCUT2D eigenvalue weighted by Crippen LogP contribution is 2.32. The molecule has 0 unspecified atom stereocenters. The van der Waals surface area contributed by atoms with E-state index >= 15 is 0 Å². The van der Waals surface area contributed by atoms with Crippen LogP contribution in [0.3, 0.4) is 0 Å². The minimum absolute atomic E-state index is 0.105. The summed E-state index contributed by atoms with van der Waals surface area (Å²) in [5.41, 5.74) is 2.07. The number of anilines is 2. The molecule has 3 aromatic rings. The van der Waals surface area contributed by atoms with Gasteiger partial charge < -0.3 is 14.7 Å². The van der Waals surface area contributed by atoms with Crippen LogP contribution < -0.4 is 9.80 Å². The van der Waals surface area contributed by atoms with E-state index in [0.29, 0.717) is 0 Å². The SMILES string of the molecule is O=C(C1CCN(c2nc3ccccc3s2)CC1)N1CCN(c2ccc(F)cc2)CC1. The van der Waals surface area contributed by atoms with Crippen molar-refractivity contribution >= 4 is 38.3 Å². The maximum atomic E-state index is 13.1. The Kier molecular flexibility index (Phi) is 5.29. The lowest BCUT2D eigenvalue weighted by Gasteiger charge is -2.39. The Bertz CT molecular complexity index is 988. The lowest BCUT2D eigenvalue weighted by Crippen LogP contribution is -2.51. The van der Waals surface area contributed by atoms with Gasteiger partial charge in [0.1, 0.15) is 5.82 Å². The number of carbonyl (C=O) groups is 1. The van der Waals surface area contributed by atoms with Crippen LogP contribution >= 0.6 is 11.3 Å². The molecule has 5 nitrogen and oxygen atoms in total. The van der Waals surface area contributed by atoms with Crippen molar-refractivity contribution in [3.63, 3.8) is 0 Å². The van der Waals surface area contributed by atoms with Crippen molar-refractivity contribution in [3.05, 3.63) is 54.3 Å². The van der Waals surface area contributed by atoms with Gasteiger partial charge in [-0.3, -0.25) is 4.79 Å². The van der Waals surface area contributed by atoms with Crippen molar-refractivity contribution in [2.75, 3.05) is 49.1 Å². The zero-order valence-electron chi connectivity index (χ0n) is 16.8. The lowest BCUT2D eigenvalue weighted by atomic mass is 9.95. The molecule has 2 saturated heterocycles. The molecular weight excluding hydrogens is 399 g/mol. The van der Waals surface area contributed by atoms with E-state index < -0.39 is 0 Å². The molecule has 2 fully saturated rings. The molecule has 2 aliphatic heterocycles. The molecule has 1 amide bonds. The van der Waals surface area contributed by atoms with Gasteiger partial charge in [-0.15, -0.1) is 0 Å². The van der Waals surface area contributed by atoms with Crippen molar-refractivity contribution in [1.29, 1.82) is 0 Å². The van der Waals surface area contributed by atoms with Gasteiger partial charge in [-0.1, -0.05) is 23.5 Å². The number of thiazole rings is 1. The summed E-state index contributed by atoms with van der Waals surface area (Å²) >= 11 is 1.73. The third-order valence-corrected chi connectivity index (χ3v) is 7.28. The summed E-state index contributed by atoms with van der Waals surface area (Å²) in [4.78, 5) is 24.4. The fourth-order valence-corrected chi connectivity index (χ4v) is 5.43. The molecule has 0 spiro atoms. The normalized spacial score (nSPS) is 18.2. The van der Waals surface area contributed by atoms with Gasteiger partial charge in [-0.25, -0.2) is 9.37 Å². The first-order valence-corrected chi connectivity index (χ1v) is 11.4. The second-order valence-corrected chi connectivity index (χ2v) is 9.02. The number of amides is 1. The number of piperazine rings is 1. The summed E-state index contributed by atoms with van der Waals surface area (Å²) in [6.07, 6.45) is 1.76. The van der Waals surface area contributed by atoms with Crippen LogP contribution in [-0.4, -0.2) is 55.1 Å². The Labute approximate surface area is 179 Å². The Morgan fingerprint density at radius 1 is 0.900 bits per heavy atom. The second-order valence-electron chi connectivity index (χ2n) is 8.01. The molecule has 1 aromatic heterocycles. The fourth-order valence-electron chi connectivity index (χ4n) is 4.41. The van der Waals surface area contributed by atoms with Crippen LogP contribution in [0.2, 0.25) is 0 Å². The molecule has 0 aliphatic carbocycles. The number of piperidine rings is 1. The average molecular weight is 425 g/mol. The van der Waals surface area contributed by atoms with Gasteiger partial charge in [0.05, 0.1) is 10.2 Å². The molecule has 0 saturated carbocycles. The van der Waals surface area contributed by atoms with E-state index in [0.717, 1.165) is 68.4 Å². The Hall–Kier alpha value is -2.67. The van der Waals surface area contributed by atoms with Gasteiger partial charge >= 0.3 is 0 Å². The van der Waals surface area contributed by atoms with Gasteiger partial charge in [0.2, 0.25) is 5.91 Å². The first kappa shape index (κ1) is 19.3. The summed E-state index contributed by atoms with van der Waals surface area (Å²) in [5, 5.41) is 1.06. The van der Waals surface area contributed by atoms with Crippen LogP contribution in [0.5, 0.6) is 0 Å². The van der Waals surface area contributed by atoms with Crippen LogP contribution in [0, 0.1) is 11.7 Å². The lowest BCUT2D eigenvalue weighted by molar-refractivity contribution is -0.136. The number of hydrogen-bond donors (Lipinski definition) is 0. The third kappa shape index (κ3) is 3.86. The smallest absolute Gasteiger partial charge is 0.225 e. The number of hydrogen-bond acceptors (Lipinski definition) is 5. The first-order valence-electron chi connectivity index (χ1n) is 10.6. The van der Waals surface area contributed by atoms with Crippen molar-refractivity contribution in [3.8, 4) is 0 Å². The quantitative estimate of drug-likeness (QED) is 0.637. The molecule has 7 heteroatoms. The second kappa shape index (κ2) is 8.22. The zero-order chi connectivity index (χ0) is 20.5. The summed E-state index contributed by atoms with van der Waals surface area (Å²) < 4.78 is 14.4. The molecule has 30 heavy (non-hydrogen) atoms. The Balaban J connectivity index is 1.15. The van der Waals surface area contributed by atoms with Crippen molar-refractivity contribution < 1.29 is 9.18 Å². The molecule has 156 valence electrons.